The molecule has 8 nitrogen and oxygen atoms in total. The van der Waals surface area contributed by atoms with Gasteiger partial charge in [0.05, 0.1) is 30.4 Å². The summed E-state index contributed by atoms with van der Waals surface area (Å²) in [5.74, 6) is 4.21. The molecule has 0 bridgehead atoms. The van der Waals surface area contributed by atoms with Crippen LogP contribution in [0.1, 0.15) is 40.0 Å². The van der Waals surface area contributed by atoms with Crippen LogP contribution in [-0.4, -0.2) is 20.8 Å². The fraction of sp³-hybridized carbons (Fsp3) is 0.0571. The molecule has 3 aromatic heterocycles. The van der Waals surface area contributed by atoms with Crippen molar-refractivity contribution < 1.29 is 53.6 Å². The fourth-order valence-electron chi connectivity index (χ4n) is 11.8. The number of nitrogens with zero attached hydrogens (tertiary/aromatic N) is 5. The Morgan fingerprint density at radius 2 is 1.27 bits per heavy atom. The Labute approximate surface area is 491 Å². The average Bonchev–Trinajstić information content (AvgIpc) is 1.15. The normalized spacial score (nSPS) is 14.5. The maximum atomic E-state index is 9.12. The second-order valence-electron chi connectivity index (χ2n) is 20.7. The number of hydrogen-bond donors (Lipinski definition) is 0. The summed E-state index contributed by atoms with van der Waals surface area (Å²) in [5.41, 5.74) is 10.1. The fourth-order valence-corrected chi connectivity index (χ4v) is 11.8. The molecule has 0 amide bonds. The maximum absolute atomic E-state index is 9.12. The van der Waals surface area contributed by atoms with Gasteiger partial charge in [0, 0.05) is 72.9 Å². The van der Waals surface area contributed by atoms with E-state index >= 15 is 0 Å². The Balaban J connectivity index is 0.00000676. The minimum Gasteiger partial charge on any atom is -0.510 e. The van der Waals surface area contributed by atoms with Crippen molar-refractivity contribution in [2.24, 2.45) is 0 Å². The summed E-state index contributed by atoms with van der Waals surface area (Å²) >= 11 is 0. The molecule has 0 N–H and O–H groups in total. The third-order valence-corrected chi connectivity index (χ3v) is 15.2. The number of benzene rings is 10. The minimum atomic E-state index is -0.583. The molecule has 3 aliphatic rings. The largest absolute Gasteiger partial charge is 0.510 e. The van der Waals surface area contributed by atoms with E-state index in [4.69, 9.17) is 32.9 Å². The van der Waals surface area contributed by atoms with E-state index in [9.17, 15) is 0 Å². The Morgan fingerprint density at radius 1 is 0.613 bits per heavy atom. The standard InChI is InChI=1S/C70H46BN5O3.Pt/c1-70(2,3)46-37-38-72-63(39-46)76-58-41-50(35-36-53(58)64-59(76)42-62-67-69(64)79-61-34-18-32-57-66(61)71(67)65-56(31-17-33-60(65)78-62)75(57)47-23-11-6-12-24-47)77-49-26-15-25-48(40-49)73-43-74(55-30-14-13-29-54(55)73)68-51(44-19-7-4-8-20-44)27-16-28-52(68)45-21-9-5-10-22-45;/h4-39,42H,1-3H3;/q-2;/i4D,5D,7D,8D,9D,10D,19D,20D,21D,22D;. The van der Waals surface area contributed by atoms with Gasteiger partial charge in [-0.25, -0.2) is 4.98 Å². The third kappa shape index (κ3) is 7.34. The van der Waals surface area contributed by atoms with Gasteiger partial charge in [0.2, 0.25) is 0 Å². The molecule has 3 aliphatic heterocycles. The van der Waals surface area contributed by atoms with Crippen molar-refractivity contribution in [2.75, 3.05) is 4.90 Å². The number of anilines is 3. The van der Waals surface area contributed by atoms with Crippen LogP contribution >= 0.6 is 0 Å². The van der Waals surface area contributed by atoms with Gasteiger partial charge in [0.15, 0.2) is 0 Å². The number of ether oxygens (including phenoxy) is 3. The molecule has 80 heavy (non-hydrogen) atoms. The molecular weight excluding hydrogens is 1160 g/mol. The van der Waals surface area contributed by atoms with Crippen molar-refractivity contribution in [3.05, 3.63) is 248 Å². The van der Waals surface area contributed by atoms with Gasteiger partial charge >= 0.3 is 0 Å². The molecule has 10 aromatic carbocycles. The first-order chi connectivity index (χ1) is 43.0. The number of aromatic nitrogens is 4. The van der Waals surface area contributed by atoms with Crippen molar-refractivity contribution in [2.45, 2.75) is 26.2 Å². The number of imidazole rings is 1. The van der Waals surface area contributed by atoms with Gasteiger partial charge in [-0.1, -0.05) is 165 Å². The SMILES string of the molecule is [2H]c1c([2H])c([2H])c(-c2cccc(-c3c([2H])c([2H])c([2H])c([2H])c3[2H])c2-[n+]2[c-]n(-c3[c-]c(Oc4[c-]c5c(cc4)c4c6c7c(cc4n5-c4cc(C(C)(C)C)ccn4)Oc4cccc5c4B7c4c(cccc4N5c4ccccc4)O6)ccc3)c3ccccc32)c([2H])c1[2H].[Pt]. The molecule has 13 aromatic rings. The maximum Gasteiger partial charge on any atom is 0.268 e. The smallest absolute Gasteiger partial charge is 0.268 e. The van der Waals surface area contributed by atoms with Gasteiger partial charge in [-0.2, -0.15) is 18.2 Å². The summed E-state index contributed by atoms with van der Waals surface area (Å²) in [5, 5.41) is 1.70. The number of hydrogen-bond acceptors (Lipinski definition) is 5. The summed E-state index contributed by atoms with van der Waals surface area (Å²) in [6.07, 6.45) is 5.27. The first-order valence-electron chi connectivity index (χ1n) is 30.9. The molecule has 384 valence electrons. The van der Waals surface area contributed by atoms with Crippen LogP contribution in [0, 0.1) is 18.5 Å². The van der Waals surface area contributed by atoms with Crippen LogP contribution in [0.3, 0.4) is 0 Å². The summed E-state index contributed by atoms with van der Waals surface area (Å²) in [6.45, 7) is 6.30. The summed E-state index contributed by atoms with van der Waals surface area (Å²) in [4.78, 5) is 7.32. The second kappa shape index (κ2) is 18.3. The van der Waals surface area contributed by atoms with Gasteiger partial charge in [0.1, 0.15) is 28.8 Å². The van der Waals surface area contributed by atoms with E-state index < -0.39 is 60.4 Å². The molecule has 0 radical (unpaired) electrons. The van der Waals surface area contributed by atoms with Crippen LogP contribution in [0.5, 0.6) is 34.5 Å². The van der Waals surface area contributed by atoms with Gasteiger partial charge in [-0.15, -0.1) is 24.3 Å². The minimum absolute atomic E-state index is 0. The van der Waals surface area contributed by atoms with Crippen molar-refractivity contribution in [1.29, 1.82) is 0 Å². The number of fused-ring (bicyclic) bond motifs is 5. The Bertz CT molecular complexity index is 5120. The van der Waals surface area contributed by atoms with Crippen molar-refractivity contribution >= 4 is 73.0 Å². The Hall–Kier alpha value is -9.43. The van der Waals surface area contributed by atoms with Gasteiger partial charge in [-0.05, 0) is 104 Å². The molecule has 10 heteroatoms. The van der Waals surface area contributed by atoms with Crippen molar-refractivity contribution in [3.63, 3.8) is 0 Å². The number of rotatable bonds is 8. The predicted molar refractivity (Wildman–Crippen MR) is 315 cm³/mol. The molecule has 0 saturated heterocycles. The Morgan fingerprint density at radius 3 is 2.00 bits per heavy atom. The molecule has 0 saturated carbocycles. The number of para-hydroxylation sites is 4. The van der Waals surface area contributed by atoms with Crippen LogP contribution in [0.25, 0.3) is 72.3 Å². The van der Waals surface area contributed by atoms with Crippen molar-refractivity contribution in [1.82, 2.24) is 14.1 Å². The van der Waals surface area contributed by atoms with E-state index in [1.54, 1.807) is 39.5 Å². The summed E-state index contributed by atoms with van der Waals surface area (Å²) in [7, 11) is 0. The van der Waals surface area contributed by atoms with Crippen LogP contribution in [0.15, 0.2) is 224 Å². The zero-order chi connectivity index (χ0) is 61.2. The average molecular weight is 1220 g/mol. The first kappa shape index (κ1) is 38.2. The topological polar surface area (TPSA) is 57.6 Å². The number of pyridine rings is 1. The van der Waals surface area contributed by atoms with Crippen LogP contribution in [0.2, 0.25) is 0 Å². The summed E-state index contributed by atoms with van der Waals surface area (Å²) in [6, 6.07) is 52.1. The molecule has 0 spiro atoms. The van der Waals surface area contributed by atoms with E-state index in [-0.39, 0.29) is 61.1 Å². The third-order valence-electron chi connectivity index (χ3n) is 15.2. The van der Waals surface area contributed by atoms with E-state index in [0.29, 0.717) is 51.1 Å². The molecule has 16 rings (SSSR count). The molecular formula is C70H46BN5O3Pt-2. The molecule has 0 unspecified atom stereocenters. The summed E-state index contributed by atoms with van der Waals surface area (Å²) < 4.78 is 114. The van der Waals surface area contributed by atoms with Crippen LogP contribution < -0.4 is 40.1 Å². The zero-order valence-corrected chi connectivity index (χ0v) is 45.2. The van der Waals surface area contributed by atoms with E-state index in [2.05, 4.69) is 85.1 Å². The van der Waals surface area contributed by atoms with Gasteiger partial charge < -0.3 is 28.2 Å². The predicted octanol–water partition coefficient (Wildman–Crippen LogP) is 14.7. The van der Waals surface area contributed by atoms with Crippen LogP contribution in [0.4, 0.5) is 17.1 Å². The quantitative estimate of drug-likeness (QED) is 0.0862. The molecule has 0 atom stereocenters. The van der Waals surface area contributed by atoms with Gasteiger partial charge in [-0.3, -0.25) is 4.57 Å². The van der Waals surface area contributed by atoms with E-state index in [0.717, 1.165) is 66.8 Å². The monoisotopic (exact) mass is 1220 g/mol. The van der Waals surface area contributed by atoms with Crippen molar-refractivity contribution in [3.8, 4) is 73.9 Å². The first-order valence-corrected chi connectivity index (χ1v) is 25.9. The van der Waals surface area contributed by atoms with Crippen LogP contribution in [-0.2, 0) is 26.5 Å². The van der Waals surface area contributed by atoms with E-state index in [1.165, 1.54) is 0 Å². The van der Waals surface area contributed by atoms with E-state index in [1.807, 2.05) is 97.2 Å². The van der Waals surface area contributed by atoms with Gasteiger partial charge in [0.25, 0.3) is 13.0 Å². The Kier molecular flexibility index (Phi) is 8.75. The molecule has 0 fully saturated rings. The molecule has 6 heterocycles. The second-order valence-corrected chi connectivity index (χ2v) is 20.7. The molecule has 0 aliphatic carbocycles. The zero-order valence-electron chi connectivity index (χ0n) is 52.9.